The summed E-state index contributed by atoms with van der Waals surface area (Å²) in [6, 6.07) is 12.6. The molecule has 0 N–H and O–H groups in total. The number of aryl methyl sites for hydroxylation is 2. The van der Waals surface area contributed by atoms with Gasteiger partial charge < -0.3 is 4.90 Å². The lowest BCUT2D eigenvalue weighted by molar-refractivity contribution is 0.248. The maximum absolute atomic E-state index is 4.87. The standard InChI is InChI=1S/C23H26N8/c1-3-21-27-23-25-15-19(17(2)31(23)28-21)20-9-10-24-22(26-20)30-13-11-29(12-14-30)16-18-7-5-4-6-8-18/h4-10,15H,3,11-14,16H2,1-2H3. The number of rotatable bonds is 5. The fraction of sp³-hybridized carbons (Fsp3) is 0.348. The first kappa shape index (κ1) is 19.6. The summed E-state index contributed by atoms with van der Waals surface area (Å²) in [6.07, 6.45) is 4.45. The Kier molecular flexibility index (Phi) is 5.30. The first-order valence-corrected chi connectivity index (χ1v) is 10.8. The van der Waals surface area contributed by atoms with Crippen LogP contribution in [0.15, 0.2) is 48.8 Å². The maximum atomic E-state index is 4.87. The summed E-state index contributed by atoms with van der Waals surface area (Å²) in [5.74, 6) is 2.19. The van der Waals surface area contributed by atoms with E-state index in [4.69, 9.17) is 4.98 Å². The molecule has 8 nitrogen and oxygen atoms in total. The number of aromatic nitrogens is 6. The van der Waals surface area contributed by atoms with Gasteiger partial charge in [-0.3, -0.25) is 4.90 Å². The van der Waals surface area contributed by atoms with E-state index < -0.39 is 0 Å². The van der Waals surface area contributed by atoms with E-state index in [9.17, 15) is 0 Å². The fourth-order valence-corrected chi connectivity index (χ4v) is 3.98. The summed E-state index contributed by atoms with van der Waals surface area (Å²) in [6.45, 7) is 8.87. The van der Waals surface area contributed by atoms with Crippen LogP contribution in [-0.4, -0.2) is 60.6 Å². The van der Waals surface area contributed by atoms with Gasteiger partial charge in [0.05, 0.1) is 11.4 Å². The Balaban J connectivity index is 1.33. The normalized spacial score (nSPS) is 15.0. The lowest BCUT2D eigenvalue weighted by Crippen LogP contribution is -2.46. The SMILES string of the molecule is CCc1nc2ncc(-c3ccnc(N4CCN(Cc5ccccc5)CC4)n3)c(C)n2n1. The van der Waals surface area contributed by atoms with E-state index in [0.29, 0.717) is 5.78 Å². The lowest BCUT2D eigenvalue weighted by Gasteiger charge is -2.34. The van der Waals surface area contributed by atoms with Gasteiger partial charge in [0.15, 0.2) is 5.82 Å². The zero-order valence-electron chi connectivity index (χ0n) is 17.9. The predicted molar refractivity (Wildman–Crippen MR) is 120 cm³/mol. The second kappa shape index (κ2) is 8.39. The van der Waals surface area contributed by atoms with Crippen LogP contribution in [0.4, 0.5) is 5.95 Å². The van der Waals surface area contributed by atoms with Gasteiger partial charge in [-0.15, -0.1) is 5.10 Å². The maximum Gasteiger partial charge on any atom is 0.252 e. The Bertz CT molecular complexity index is 1180. The van der Waals surface area contributed by atoms with Gasteiger partial charge in [-0.2, -0.15) is 4.98 Å². The summed E-state index contributed by atoms with van der Waals surface area (Å²) in [4.78, 5) is 23.1. The molecule has 0 bridgehead atoms. The molecule has 0 spiro atoms. The minimum Gasteiger partial charge on any atom is -0.338 e. The average molecular weight is 415 g/mol. The Hall–Kier alpha value is -3.39. The van der Waals surface area contributed by atoms with Crippen LogP contribution in [0.2, 0.25) is 0 Å². The average Bonchev–Trinajstić information content (AvgIpc) is 3.25. The lowest BCUT2D eigenvalue weighted by atomic mass is 10.2. The molecule has 0 radical (unpaired) electrons. The second-order valence-electron chi connectivity index (χ2n) is 7.84. The summed E-state index contributed by atoms with van der Waals surface area (Å²) in [5.41, 5.74) is 4.14. The van der Waals surface area contributed by atoms with E-state index in [1.54, 1.807) is 4.52 Å². The van der Waals surface area contributed by atoms with Gasteiger partial charge in [0, 0.05) is 57.1 Å². The number of fused-ring (bicyclic) bond motifs is 1. The molecule has 158 valence electrons. The smallest absolute Gasteiger partial charge is 0.252 e. The van der Waals surface area contributed by atoms with Gasteiger partial charge in [0.2, 0.25) is 5.95 Å². The quantitative estimate of drug-likeness (QED) is 0.497. The highest BCUT2D eigenvalue weighted by Crippen LogP contribution is 2.23. The molecule has 1 aromatic carbocycles. The minimum atomic E-state index is 0.627. The second-order valence-corrected chi connectivity index (χ2v) is 7.84. The summed E-state index contributed by atoms with van der Waals surface area (Å²) in [5, 5.41) is 4.56. The first-order chi connectivity index (χ1) is 15.2. The van der Waals surface area contributed by atoms with Crippen LogP contribution in [-0.2, 0) is 13.0 Å². The van der Waals surface area contributed by atoms with Crippen molar-refractivity contribution in [2.24, 2.45) is 0 Å². The largest absolute Gasteiger partial charge is 0.338 e. The van der Waals surface area contributed by atoms with Gasteiger partial charge in [-0.25, -0.2) is 19.5 Å². The molecule has 1 saturated heterocycles. The molecule has 0 aliphatic carbocycles. The summed E-state index contributed by atoms with van der Waals surface area (Å²) >= 11 is 0. The molecule has 31 heavy (non-hydrogen) atoms. The van der Waals surface area contributed by atoms with E-state index in [1.165, 1.54) is 5.56 Å². The number of hydrogen-bond acceptors (Lipinski definition) is 7. The zero-order chi connectivity index (χ0) is 21.2. The molecule has 1 fully saturated rings. The van der Waals surface area contributed by atoms with Crippen LogP contribution < -0.4 is 4.90 Å². The number of hydrogen-bond donors (Lipinski definition) is 0. The zero-order valence-corrected chi connectivity index (χ0v) is 17.9. The molecule has 1 aliphatic heterocycles. The summed E-state index contributed by atoms with van der Waals surface area (Å²) in [7, 11) is 0. The molecule has 1 aliphatic rings. The molecule has 5 rings (SSSR count). The third kappa shape index (κ3) is 3.98. The van der Waals surface area contributed by atoms with Crippen molar-refractivity contribution in [2.45, 2.75) is 26.8 Å². The van der Waals surface area contributed by atoms with Crippen molar-refractivity contribution in [1.82, 2.24) is 34.4 Å². The fourth-order valence-electron chi connectivity index (χ4n) is 3.98. The van der Waals surface area contributed by atoms with Crippen molar-refractivity contribution < 1.29 is 0 Å². The predicted octanol–water partition coefficient (Wildman–Crippen LogP) is 2.77. The van der Waals surface area contributed by atoms with E-state index in [-0.39, 0.29) is 0 Å². The van der Waals surface area contributed by atoms with Crippen LogP contribution >= 0.6 is 0 Å². The molecule has 8 heteroatoms. The number of benzene rings is 1. The molecule has 0 saturated carbocycles. The molecule has 4 aromatic rings. The van der Waals surface area contributed by atoms with Gasteiger partial charge in [0.25, 0.3) is 5.78 Å². The van der Waals surface area contributed by atoms with Crippen LogP contribution in [0.1, 0.15) is 24.0 Å². The highest BCUT2D eigenvalue weighted by Gasteiger charge is 2.20. The van der Waals surface area contributed by atoms with Gasteiger partial charge >= 0.3 is 0 Å². The van der Waals surface area contributed by atoms with E-state index in [0.717, 1.165) is 67.9 Å². The molecule has 0 amide bonds. The monoisotopic (exact) mass is 414 g/mol. The van der Waals surface area contributed by atoms with Crippen LogP contribution in [0.25, 0.3) is 17.0 Å². The Morgan fingerprint density at radius 3 is 2.52 bits per heavy atom. The van der Waals surface area contributed by atoms with Crippen LogP contribution in [0, 0.1) is 6.92 Å². The number of piperazine rings is 1. The van der Waals surface area contributed by atoms with Crippen LogP contribution in [0.5, 0.6) is 0 Å². The molecule has 4 heterocycles. The summed E-state index contributed by atoms with van der Waals surface area (Å²) < 4.78 is 1.80. The molecule has 0 unspecified atom stereocenters. The minimum absolute atomic E-state index is 0.627. The third-order valence-electron chi connectivity index (χ3n) is 5.79. The highest BCUT2D eigenvalue weighted by molar-refractivity contribution is 5.63. The highest BCUT2D eigenvalue weighted by atomic mass is 15.3. The third-order valence-corrected chi connectivity index (χ3v) is 5.79. The Labute approximate surface area is 181 Å². The van der Waals surface area contributed by atoms with Crippen molar-refractivity contribution >= 4 is 11.7 Å². The van der Waals surface area contributed by atoms with Gasteiger partial charge in [-0.1, -0.05) is 37.3 Å². The first-order valence-electron chi connectivity index (χ1n) is 10.8. The molecule has 3 aromatic heterocycles. The van der Waals surface area contributed by atoms with E-state index in [2.05, 4.69) is 60.2 Å². The topological polar surface area (TPSA) is 75.3 Å². The van der Waals surface area contributed by atoms with Crippen molar-refractivity contribution in [3.8, 4) is 11.3 Å². The van der Waals surface area contributed by atoms with Gasteiger partial charge in [-0.05, 0) is 18.6 Å². The van der Waals surface area contributed by atoms with Crippen molar-refractivity contribution in [3.05, 3.63) is 65.9 Å². The number of anilines is 1. The number of nitrogens with zero attached hydrogens (tertiary/aromatic N) is 8. The molecular formula is C23H26N8. The van der Waals surface area contributed by atoms with Crippen molar-refractivity contribution in [1.29, 1.82) is 0 Å². The molecular weight excluding hydrogens is 388 g/mol. The van der Waals surface area contributed by atoms with E-state index >= 15 is 0 Å². The van der Waals surface area contributed by atoms with Crippen LogP contribution in [0.3, 0.4) is 0 Å². The van der Waals surface area contributed by atoms with E-state index in [1.807, 2.05) is 32.3 Å². The van der Waals surface area contributed by atoms with Gasteiger partial charge in [0.1, 0.15) is 0 Å². The van der Waals surface area contributed by atoms with Crippen molar-refractivity contribution in [2.75, 3.05) is 31.1 Å². The Morgan fingerprint density at radius 1 is 0.935 bits per heavy atom. The molecule has 0 atom stereocenters. The Morgan fingerprint density at radius 2 is 1.74 bits per heavy atom. The van der Waals surface area contributed by atoms with Crippen molar-refractivity contribution in [3.63, 3.8) is 0 Å².